The Hall–Kier alpha value is -1.71. The molecule has 19 heavy (non-hydrogen) atoms. The van der Waals surface area contributed by atoms with Gasteiger partial charge in [-0.05, 0) is 24.6 Å². The largest absolute Gasteiger partial charge is 0.497 e. The van der Waals surface area contributed by atoms with Gasteiger partial charge in [0.2, 0.25) is 0 Å². The van der Waals surface area contributed by atoms with E-state index in [0.29, 0.717) is 11.5 Å². The van der Waals surface area contributed by atoms with Crippen molar-refractivity contribution in [2.24, 2.45) is 0 Å². The van der Waals surface area contributed by atoms with E-state index >= 15 is 0 Å². The average Bonchev–Trinajstić information content (AvgIpc) is 2.46. The Bertz CT molecular complexity index is 415. The summed E-state index contributed by atoms with van der Waals surface area (Å²) in [6, 6.07) is 5.47. The van der Waals surface area contributed by atoms with Crippen LogP contribution in [0.15, 0.2) is 18.2 Å². The second-order valence-electron chi connectivity index (χ2n) is 4.33. The van der Waals surface area contributed by atoms with Crippen molar-refractivity contribution in [3.63, 3.8) is 0 Å². The molecular weight excluding hydrogens is 244 g/mol. The summed E-state index contributed by atoms with van der Waals surface area (Å²) in [5, 5.41) is 0. The molecule has 0 saturated heterocycles. The van der Waals surface area contributed by atoms with Gasteiger partial charge >= 0.3 is 5.97 Å². The molecule has 0 saturated carbocycles. The minimum absolute atomic E-state index is 0.236. The van der Waals surface area contributed by atoms with E-state index < -0.39 is 0 Å². The molecule has 106 valence electrons. The standard InChI is InChI=1S/C15H22O4/c1-5-6-7-12(15(16)19-4)13-10-11(17-2)8-9-14(13)18-3/h8-10,12H,5-7H2,1-4H3. The minimum Gasteiger partial charge on any atom is -0.497 e. The minimum atomic E-state index is -0.310. The van der Waals surface area contributed by atoms with Crippen LogP contribution in [0.5, 0.6) is 11.5 Å². The molecule has 0 radical (unpaired) electrons. The highest BCUT2D eigenvalue weighted by atomic mass is 16.5. The van der Waals surface area contributed by atoms with E-state index in [-0.39, 0.29) is 11.9 Å². The van der Waals surface area contributed by atoms with Crippen molar-refractivity contribution in [3.8, 4) is 11.5 Å². The maximum absolute atomic E-state index is 12.0. The van der Waals surface area contributed by atoms with Gasteiger partial charge in [0.25, 0.3) is 0 Å². The third kappa shape index (κ3) is 3.88. The summed E-state index contributed by atoms with van der Waals surface area (Å²) in [7, 11) is 4.61. The summed E-state index contributed by atoms with van der Waals surface area (Å²) in [6.07, 6.45) is 2.73. The lowest BCUT2D eigenvalue weighted by Gasteiger charge is -2.18. The Morgan fingerprint density at radius 1 is 1.21 bits per heavy atom. The summed E-state index contributed by atoms with van der Waals surface area (Å²) in [6.45, 7) is 2.09. The van der Waals surface area contributed by atoms with E-state index in [9.17, 15) is 4.79 Å². The van der Waals surface area contributed by atoms with Crippen LogP contribution in [0.25, 0.3) is 0 Å². The third-order valence-electron chi connectivity index (χ3n) is 3.14. The van der Waals surface area contributed by atoms with Crippen LogP contribution < -0.4 is 9.47 Å². The first-order valence-electron chi connectivity index (χ1n) is 6.47. The predicted octanol–water partition coefficient (Wildman–Crippen LogP) is 3.15. The van der Waals surface area contributed by atoms with Crippen molar-refractivity contribution in [1.82, 2.24) is 0 Å². The number of carbonyl (C=O) groups is 1. The summed E-state index contributed by atoms with van der Waals surface area (Å²) in [5.74, 6) is 0.850. The number of esters is 1. The van der Waals surface area contributed by atoms with E-state index in [2.05, 4.69) is 6.92 Å². The Labute approximate surface area is 114 Å². The fourth-order valence-electron chi connectivity index (χ4n) is 2.06. The quantitative estimate of drug-likeness (QED) is 0.711. The molecule has 0 aliphatic rings. The Morgan fingerprint density at radius 3 is 2.47 bits per heavy atom. The molecule has 4 heteroatoms. The van der Waals surface area contributed by atoms with Crippen molar-refractivity contribution >= 4 is 5.97 Å². The van der Waals surface area contributed by atoms with Crippen molar-refractivity contribution in [3.05, 3.63) is 23.8 Å². The second-order valence-corrected chi connectivity index (χ2v) is 4.33. The number of rotatable bonds is 7. The van der Waals surface area contributed by atoms with Gasteiger partial charge < -0.3 is 14.2 Å². The summed E-state index contributed by atoms with van der Waals surface area (Å²) < 4.78 is 15.5. The molecule has 0 spiro atoms. The molecule has 0 aliphatic heterocycles. The highest BCUT2D eigenvalue weighted by Gasteiger charge is 2.24. The molecular formula is C15H22O4. The maximum atomic E-state index is 12.0. The van der Waals surface area contributed by atoms with E-state index in [0.717, 1.165) is 24.8 Å². The first kappa shape index (κ1) is 15.3. The van der Waals surface area contributed by atoms with Crippen LogP contribution in [0, 0.1) is 0 Å². The molecule has 0 heterocycles. The summed E-state index contributed by atoms with van der Waals surface area (Å²) >= 11 is 0. The SMILES string of the molecule is CCCCC(C(=O)OC)c1cc(OC)ccc1OC. The molecule has 1 atom stereocenters. The van der Waals surface area contributed by atoms with Crippen LogP contribution in [-0.4, -0.2) is 27.3 Å². The van der Waals surface area contributed by atoms with E-state index in [1.165, 1.54) is 7.11 Å². The van der Waals surface area contributed by atoms with E-state index in [1.807, 2.05) is 18.2 Å². The Balaban J connectivity index is 3.14. The Kier molecular flexibility index (Phi) is 6.19. The Morgan fingerprint density at radius 2 is 1.95 bits per heavy atom. The highest BCUT2D eigenvalue weighted by Crippen LogP contribution is 2.34. The van der Waals surface area contributed by atoms with Gasteiger partial charge in [0.1, 0.15) is 11.5 Å². The lowest BCUT2D eigenvalue weighted by molar-refractivity contribution is -0.142. The smallest absolute Gasteiger partial charge is 0.313 e. The summed E-state index contributed by atoms with van der Waals surface area (Å²) in [4.78, 5) is 12.0. The van der Waals surface area contributed by atoms with Crippen molar-refractivity contribution in [2.75, 3.05) is 21.3 Å². The molecule has 1 rings (SSSR count). The van der Waals surface area contributed by atoms with Crippen molar-refractivity contribution in [1.29, 1.82) is 0 Å². The highest BCUT2D eigenvalue weighted by molar-refractivity contribution is 5.79. The van der Waals surface area contributed by atoms with Crippen LogP contribution in [0.4, 0.5) is 0 Å². The molecule has 0 amide bonds. The molecule has 1 aromatic rings. The number of hydrogen-bond donors (Lipinski definition) is 0. The van der Waals surface area contributed by atoms with Crippen molar-refractivity contribution in [2.45, 2.75) is 32.1 Å². The molecule has 1 aromatic carbocycles. The van der Waals surface area contributed by atoms with Crippen LogP contribution in [0.3, 0.4) is 0 Å². The number of carbonyl (C=O) groups excluding carboxylic acids is 1. The fraction of sp³-hybridized carbons (Fsp3) is 0.533. The predicted molar refractivity (Wildman–Crippen MR) is 73.8 cm³/mol. The van der Waals surface area contributed by atoms with Gasteiger partial charge in [-0.1, -0.05) is 19.8 Å². The molecule has 0 fully saturated rings. The molecule has 0 aliphatic carbocycles. The number of methoxy groups -OCH3 is 3. The molecule has 0 bridgehead atoms. The monoisotopic (exact) mass is 266 g/mol. The molecule has 1 unspecified atom stereocenters. The van der Waals surface area contributed by atoms with Gasteiger partial charge in [0.05, 0.1) is 27.2 Å². The maximum Gasteiger partial charge on any atom is 0.313 e. The van der Waals surface area contributed by atoms with Gasteiger partial charge in [0.15, 0.2) is 0 Å². The van der Waals surface area contributed by atoms with Crippen LogP contribution in [-0.2, 0) is 9.53 Å². The van der Waals surface area contributed by atoms with Gasteiger partial charge in [-0.3, -0.25) is 4.79 Å². The molecule has 4 nitrogen and oxygen atoms in total. The normalized spacial score (nSPS) is 11.8. The zero-order chi connectivity index (χ0) is 14.3. The molecule has 0 aromatic heterocycles. The van der Waals surface area contributed by atoms with Crippen LogP contribution in [0.2, 0.25) is 0 Å². The van der Waals surface area contributed by atoms with Gasteiger partial charge in [-0.25, -0.2) is 0 Å². The summed E-state index contributed by atoms with van der Waals surface area (Å²) in [5.41, 5.74) is 0.821. The van der Waals surface area contributed by atoms with E-state index in [1.54, 1.807) is 14.2 Å². The van der Waals surface area contributed by atoms with Crippen LogP contribution in [0.1, 0.15) is 37.7 Å². The van der Waals surface area contributed by atoms with Gasteiger partial charge in [-0.15, -0.1) is 0 Å². The number of unbranched alkanes of at least 4 members (excludes halogenated alkanes) is 1. The lowest BCUT2D eigenvalue weighted by Crippen LogP contribution is -2.15. The lowest BCUT2D eigenvalue weighted by atomic mass is 9.92. The van der Waals surface area contributed by atoms with Gasteiger partial charge in [-0.2, -0.15) is 0 Å². The molecule has 0 N–H and O–H groups in total. The van der Waals surface area contributed by atoms with E-state index in [4.69, 9.17) is 14.2 Å². The number of ether oxygens (including phenoxy) is 3. The van der Waals surface area contributed by atoms with Crippen molar-refractivity contribution < 1.29 is 19.0 Å². The number of hydrogen-bond acceptors (Lipinski definition) is 4. The van der Waals surface area contributed by atoms with Gasteiger partial charge in [0, 0.05) is 5.56 Å². The fourth-order valence-corrected chi connectivity index (χ4v) is 2.06. The first-order valence-corrected chi connectivity index (χ1v) is 6.47. The third-order valence-corrected chi connectivity index (χ3v) is 3.14. The zero-order valence-electron chi connectivity index (χ0n) is 12.1. The topological polar surface area (TPSA) is 44.8 Å². The number of benzene rings is 1. The average molecular weight is 266 g/mol. The second kappa shape index (κ2) is 7.67. The first-order chi connectivity index (χ1) is 9.17. The zero-order valence-corrected chi connectivity index (χ0v) is 12.1. The van der Waals surface area contributed by atoms with Crippen LogP contribution >= 0.6 is 0 Å².